The molecule has 120 valence electrons. The van der Waals surface area contributed by atoms with Gasteiger partial charge in [-0.25, -0.2) is 0 Å². The van der Waals surface area contributed by atoms with E-state index in [0.717, 1.165) is 5.75 Å². The molecule has 0 bridgehead atoms. The third kappa shape index (κ3) is 6.39. The average molecular weight is 302 g/mol. The van der Waals surface area contributed by atoms with Crippen LogP contribution in [-0.2, 0) is 0 Å². The highest BCUT2D eigenvalue weighted by atomic mass is 16.5. The molecule has 0 aliphatic carbocycles. The Morgan fingerprint density at radius 2 is 1.59 bits per heavy atom. The lowest BCUT2D eigenvalue weighted by atomic mass is 10.2. The van der Waals surface area contributed by atoms with Crippen molar-refractivity contribution in [1.82, 2.24) is 10.3 Å². The lowest BCUT2D eigenvalue weighted by molar-refractivity contribution is 0.0958. The Labute approximate surface area is 133 Å². The molecule has 1 aromatic heterocycles. The molecule has 0 unspecified atom stereocenters. The Balaban J connectivity index is 0.00000102. The number of ether oxygens (including phenoxy) is 1. The lowest BCUT2D eigenvalue weighted by Gasteiger charge is -2.06. The van der Waals surface area contributed by atoms with Crippen LogP contribution in [0.25, 0.3) is 0 Å². The predicted octanol–water partition coefficient (Wildman–Crippen LogP) is 4.59. The molecular weight excluding hydrogens is 276 g/mol. The van der Waals surface area contributed by atoms with Crippen LogP contribution in [0.5, 0.6) is 11.5 Å². The molecule has 0 aliphatic heterocycles. The monoisotopic (exact) mass is 302 g/mol. The van der Waals surface area contributed by atoms with Gasteiger partial charge in [0, 0.05) is 19.3 Å². The number of aryl methyl sites for hydroxylation is 1. The number of nitrogens with zero attached hydrogens (tertiary/aromatic N) is 1. The first-order valence-corrected chi connectivity index (χ1v) is 7.61. The highest BCUT2D eigenvalue weighted by molar-refractivity contribution is 5.92. The first-order chi connectivity index (χ1) is 10.7. The topological polar surface area (TPSA) is 51.2 Å². The molecule has 0 saturated carbocycles. The van der Waals surface area contributed by atoms with Crippen LogP contribution in [-0.4, -0.2) is 17.9 Å². The zero-order chi connectivity index (χ0) is 17.0. The van der Waals surface area contributed by atoms with Gasteiger partial charge in [-0.3, -0.25) is 9.78 Å². The molecule has 0 atom stereocenters. The first kappa shape index (κ1) is 19.6. The number of rotatable bonds is 3. The summed E-state index contributed by atoms with van der Waals surface area (Å²) < 4.78 is 5.65. The van der Waals surface area contributed by atoms with E-state index in [2.05, 4.69) is 10.3 Å². The van der Waals surface area contributed by atoms with Crippen molar-refractivity contribution >= 4 is 5.91 Å². The molecule has 4 heteroatoms. The van der Waals surface area contributed by atoms with Crippen LogP contribution in [0.4, 0.5) is 0 Å². The van der Waals surface area contributed by atoms with E-state index in [9.17, 15) is 4.79 Å². The van der Waals surface area contributed by atoms with Gasteiger partial charge in [-0.05, 0) is 25.1 Å². The summed E-state index contributed by atoms with van der Waals surface area (Å²) in [7, 11) is 1.57. The number of pyridine rings is 1. The fourth-order valence-corrected chi connectivity index (χ4v) is 1.47. The van der Waals surface area contributed by atoms with E-state index in [-0.39, 0.29) is 5.91 Å². The number of nitrogens with one attached hydrogen (secondary N) is 1. The molecule has 2 aromatic rings. The second kappa shape index (κ2) is 11.3. The Morgan fingerprint density at radius 3 is 2.14 bits per heavy atom. The smallest absolute Gasteiger partial charge is 0.269 e. The fraction of sp³-hybridized carbons (Fsp3) is 0.333. The number of carbonyl (C=O) groups is 1. The van der Waals surface area contributed by atoms with Crippen LogP contribution >= 0.6 is 0 Å². The van der Waals surface area contributed by atoms with Crippen molar-refractivity contribution in [2.24, 2.45) is 0 Å². The maximum atomic E-state index is 11.4. The van der Waals surface area contributed by atoms with Crippen molar-refractivity contribution in [3.8, 4) is 11.5 Å². The lowest BCUT2D eigenvalue weighted by Crippen LogP contribution is -2.18. The summed E-state index contributed by atoms with van der Waals surface area (Å²) in [6, 6.07) is 11.0. The number of aromatic nitrogens is 1. The summed E-state index contributed by atoms with van der Waals surface area (Å²) >= 11 is 0. The molecule has 0 aliphatic rings. The summed E-state index contributed by atoms with van der Waals surface area (Å²) in [5, 5.41) is 2.52. The molecule has 0 spiro atoms. The fourth-order valence-electron chi connectivity index (χ4n) is 1.47. The van der Waals surface area contributed by atoms with Crippen molar-refractivity contribution in [2.75, 3.05) is 7.05 Å². The molecule has 22 heavy (non-hydrogen) atoms. The van der Waals surface area contributed by atoms with E-state index in [1.54, 1.807) is 25.4 Å². The van der Waals surface area contributed by atoms with E-state index in [1.807, 2.05) is 58.9 Å². The normalized spacial score (nSPS) is 8.64. The minimum atomic E-state index is -0.232. The summed E-state index contributed by atoms with van der Waals surface area (Å²) in [6.07, 6.45) is 1.55. The highest BCUT2D eigenvalue weighted by Crippen LogP contribution is 2.21. The summed E-state index contributed by atoms with van der Waals surface area (Å²) in [4.78, 5) is 15.4. The SMILES string of the molecule is CC.CC.CNC(=O)c1cc(Oc2ccc(C)cc2)ccn1. The molecule has 2 rings (SSSR count). The third-order valence-electron chi connectivity index (χ3n) is 2.45. The molecular formula is C18H26N2O2. The molecule has 4 nitrogen and oxygen atoms in total. The summed E-state index contributed by atoms with van der Waals surface area (Å²) in [5.41, 5.74) is 1.50. The summed E-state index contributed by atoms with van der Waals surface area (Å²) in [5.74, 6) is 1.09. The first-order valence-electron chi connectivity index (χ1n) is 7.61. The second-order valence-electron chi connectivity index (χ2n) is 3.87. The van der Waals surface area contributed by atoms with Gasteiger partial charge in [0.1, 0.15) is 17.2 Å². The average Bonchev–Trinajstić information content (AvgIpc) is 2.60. The molecule has 1 heterocycles. The maximum absolute atomic E-state index is 11.4. The van der Waals surface area contributed by atoms with Gasteiger partial charge < -0.3 is 10.1 Å². The zero-order valence-corrected chi connectivity index (χ0v) is 14.3. The van der Waals surface area contributed by atoms with Crippen LogP contribution in [0, 0.1) is 6.92 Å². The van der Waals surface area contributed by atoms with Gasteiger partial charge in [0.25, 0.3) is 5.91 Å². The number of carbonyl (C=O) groups excluding carboxylic acids is 1. The van der Waals surface area contributed by atoms with E-state index in [4.69, 9.17) is 4.74 Å². The largest absolute Gasteiger partial charge is 0.457 e. The van der Waals surface area contributed by atoms with Crippen molar-refractivity contribution in [1.29, 1.82) is 0 Å². The summed E-state index contributed by atoms with van der Waals surface area (Å²) in [6.45, 7) is 10.0. The van der Waals surface area contributed by atoms with Crippen molar-refractivity contribution < 1.29 is 9.53 Å². The quantitative estimate of drug-likeness (QED) is 0.902. The minimum Gasteiger partial charge on any atom is -0.457 e. The van der Waals surface area contributed by atoms with Crippen LogP contribution in [0.1, 0.15) is 43.7 Å². The Kier molecular flexibility index (Phi) is 10.1. The van der Waals surface area contributed by atoms with Crippen molar-refractivity contribution in [3.05, 3.63) is 53.9 Å². The van der Waals surface area contributed by atoms with Gasteiger partial charge >= 0.3 is 0 Å². The van der Waals surface area contributed by atoms with Gasteiger partial charge in [0.05, 0.1) is 0 Å². The van der Waals surface area contributed by atoms with Crippen molar-refractivity contribution in [2.45, 2.75) is 34.6 Å². The maximum Gasteiger partial charge on any atom is 0.269 e. The zero-order valence-electron chi connectivity index (χ0n) is 14.3. The van der Waals surface area contributed by atoms with E-state index in [1.165, 1.54) is 5.56 Å². The predicted molar refractivity (Wildman–Crippen MR) is 91.6 cm³/mol. The van der Waals surface area contributed by atoms with Gasteiger partial charge in [0.15, 0.2) is 0 Å². The molecule has 0 fully saturated rings. The standard InChI is InChI=1S/C14H14N2O2.2C2H6/c1-10-3-5-11(6-4-10)18-12-7-8-16-13(9-12)14(17)15-2;2*1-2/h3-9H,1-2H3,(H,15,17);2*1-2H3. The van der Waals surface area contributed by atoms with Gasteiger partial charge in [-0.1, -0.05) is 45.4 Å². The van der Waals surface area contributed by atoms with Crippen LogP contribution < -0.4 is 10.1 Å². The number of amides is 1. The van der Waals surface area contributed by atoms with Gasteiger partial charge in [0.2, 0.25) is 0 Å². The number of hydrogen-bond acceptors (Lipinski definition) is 3. The van der Waals surface area contributed by atoms with Crippen molar-refractivity contribution in [3.63, 3.8) is 0 Å². The molecule has 1 aromatic carbocycles. The highest BCUT2D eigenvalue weighted by Gasteiger charge is 2.06. The van der Waals surface area contributed by atoms with E-state index in [0.29, 0.717) is 11.4 Å². The molecule has 0 saturated heterocycles. The molecule has 0 radical (unpaired) electrons. The van der Waals surface area contributed by atoms with Gasteiger partial charge in [-0.2, -0.15) is 0 Å². The molecule has 1 N–H and O–H groups in total. The number of benzene rings is 1. The minimum absolute atomic E-state index is 0.232. The second-order valence-corrected chi connectivity index (χ2v) is 3.87. The van der Waals surface area contributed by atoms with Crippen LogP contribution in [0.15, 0.2) is 42.6 Å². The Morgan fingerprint density at radius 1 is 1.00 bits per heavy atom. The molecule has 1 amide bonds. The van der Waals surface area contributed by atoms with E-state index < -0.39 is 0 Å². The van der Waals surface area contributed by atoms with E-state index >= 15 is 0 Å². The Bertz CT molecular complexity index is 551. The third-order valence-corrected chi connectivity index (χ3v) is 2.45. The van der Waals surface area contributed by atoms with Crippen LogP contribution in [0.2, 0.25) is 0 Å². The Hall–Kier alpha value is -2.36. The van der Waals surface area contributed by atoms with Crippen LogP contribution in [0.3, 0.4) is 0 Å². The number of hydrogen-bond donors (Lipinski definition) is 1. The van der Waals surface area contributed by atoms with Gasteiger partial charge in [-0.15, -0.1) is 0 Å².